The van der Waals surface area contributed by atoms with Gasteiger partial charge in [-0.1, -0.05) is 0 Å². The molecular formula is C12H15F4N3. The minimum atomic E-state index is -1.61. The number of pyridine rings is 1. The summed E-state index contributed by atoms with van der Waals surface area (Å²) in [5.41, 5.74) is -0.659. The summed E-state index contributed by atoms with van der Waals surface area (Å²) >= 11 is 0. The van der Waals surface area contributed by atoms with Crippen LogP contribution < -0.4 is 4.90 Å². The van der Waals surface area contributed by atoms with Crippen molar-refractivity contribution in [1.29, 1.82) is 0 Å². The van der Waals surface area contributed by atoms with Gasteiger partial charge in [-0.15, -0.1) is 0 Å². The number of rotatable bonds is 2. The molecule has 0 saturated carbocycles. The third-order valence-electron chi connectivity index (χ3n) is 3.34. The summed E-state index contributed by atoms with van der Waals surface area (Å²) in [6, 6.07) is 0.322. The molecule has 19 heavy (non-hydrogen) atoms. The van der Waals surface area contributed by atoms with Gasteiger partial charge in [0.05, 0.1) is 0 Å². The van der Waals surface area contributed by atoms with Crippen LogP contribution in [0.15, 0.2) is 0 Å². The van der Waals surface area contributed by atoms with Crippen molar-refractivity contribution in [2.75, 3.05) is 31.1 Å². The normalized spacial score (nSPS) is 17.3. The van der Waals surface area contributed by atoms with Crippen molar-refractivity contribution in [3.63, 3.8) is 0 Å². The first-order valence-electron chi connectivity index (χ1n) is 6.10. The minimum Gasteiger partial charge on any atom is -0.364 e. The highest BCUT2D eigenvalue weighted by Crippen LogP contribution is 2.27. The summed E-state index contributed by atoms with van der Waals surface area (Å²) in [5.74, 6) is -6.09. The van der Waals surface area contributed by atoms with Crippen molar-refractivity contribution >= 4 is 5.69 Å². The van der Waals surface area contributed by atoms with Crippen molar-refractivity contribution in [2.24, 2.45) is 0 Å². The monoisotopic (exact) mass is 277 g/mol. The molecule has 0 bridgehead atoms. The highest BCUT2D eigenvalue weighted by molar-refractivity contribution is 5.49. The maximum absolute atomic E-state index is 13.6. The first-order chi connectivity index (χ1) is 8.91. The van der Waals surface area contributed by atoms with Gasteiger partial charge in [-0.05, 0) is 13.8 Å². The van der Waals surface area contributed by atoms with E-state index in [0.29, 0.717) is 32.2 Å². The SMILES string of the molecule is CC(C)N1CCN(c2c(F)c(F)nc(F)c2F)CC1. The van der Waals surface area contributed by atoms with Gasteiger partial charge >= 0.3 is 0 Å². The number of piperazine rings is 1. The second-order valence-corrected chi connectivity index (χ2v) is 4.79. The van der Waals surface area contributed by atoms with E-state index in [2.05, 4.69) is 9.88 Å². The standard InChI is InChI=1S/C12H15F4N3/c1-7(2)18-3-5-19(6-4-18)10-8(13)11(15)17-12(16)9(10)14/h7H,3-6H2,1-2H3. The molecule has 0 unspecified atom stereocenters. The molecule has 0 radical (unpaired) electrons. The molecule has 0 atom stereocenters. The second kappa shape index (κ2) is 5.32. The molecular weight excluding hydrogens is 262 g/mol. The van der Waals surface area contributed by atoms with Gasteiger partial charge in [0.25, 0.3) is 11.9 Å². The largest absolute Gasteiger partial charge is 0.364 e. The van der Waals surface area contributed by atoms with Gasteiger partial charge < -0.3 is 4.90 Å². The molecule has 0 spiro atoms. The van der Waals surface area contributed by atoms with E-state index in [1.165, 1.54) is 4.90 Å². The van der Waals surface area contributed by atoms with Gasteiger partial charge in [0.1, 0.15) is 5.69 Å². The summed E-state index contributed by atoms with van der Waals surface area (Å²) < 4.78 is 53.3. The smallest absolute Gasteiger partial charge is 0.253 e. The highest BCUT2D eigenvalue weighted by atomic mass is 19.2. The van der Waals surface area contributed by atoms with Crippen LogP contribution in [0.4, 0.5) is 23.2 Å². The number of hydrogen-bond donors (Lipinski definition) is 0. The van der Waals surface area contributed by atoms with Crippen LogP contribution in [0.2, 0.25) is 0 Å². The minimum absolute atomic E-state index is 0.314. The molecule has 1 aromatic heterocycles. The van der Waals surface area contributed by atoms with Crippen LogP contribution in [0.5, 0.6) is 0 Å². The van der Waals surface area contributed by atoms with E-state index in [9.17, 15) is 17.6 Å². The number of anilines is 1. The average Bonchev–Trinajstić information content (AvgIpc) is 2.37. The zero-order valence-corrected chi connectivity index (χ0v) is 10.8. The Labute approximate surface area is 108 Å². The van der Waals surface area contributed by atoms with Gasteiger partial charge in [0.15, 0.2) is 0 Å². The molecule has 0 N–H and O–H groups in total. The summed E-state index contributed by atoms with van der Waals surface area (Å²) in [4.78, 5) is 5.99. The lowest BCUT2D eigenvalue weighted by molar-refractivity contribution is 0.208. The van der Waals surface area contributed by atoms with E-state index < -0.39 is 29.2 Å². The Balaban J connectivity index is 2.25. The predicted octanol–water partition coefficient (Wildman–Crippen LogP) is 2.17. The lowest BCUT2D eigenvalue weighted by Gasteiger charge is -2.38. The van der Waals surface area contributed by atoms with Crippen LogP contribution in [0.1, 0.15) is 13.8 Å². The number of nitrogens with zero attached hydrogens (tertiary/aromatic N) is 3. The number of aromatic nitrogens is 1. The zero-order chi connectivity index (χ0) is 14.2. The lowest BCUT2D eigenvalue weighted by Crippen LogP contribution is -2.49. The Kier molecular flexibility index (Phi) is 3.93. The first-order valence-corrected chi connectivity index (χ1v) is 6.10. The van der Waals surface area contributed by atoms with Crippen molar-refractivity contribution in [2.45, 2.75) is 19.9 Å². The molecule has 2 heterocycles. The van der Waals surface area contributed by atoms with E-state index >= 15 is 0 Å². The van der Waals surface area contributed by atoms with Crippen molar-refractivity contribution in [3.05, 3.63) is 23.5 Å². The summed E-state index contributed by atoms with van der Waals surface area (Å²) in [6.07, 6.45) is 0. The van der Waals surface area contributed by atoms with Gasteiger partial charge in [0.2, 0.25) is 11.6 Å². The first kappa shape index (κ1) is 14.0. The fourth-order valence-corrected chi connectivity index (χ4v) is 2.22. The molecule has 1 fully saturated rings. The molecule has 106 valence electrons. The summed E-state index contributed by atoms with van der Waals surface area (Å²) in [6.45, 7) is 5.83. The van der Waals surface area contributed by atoms with E-state index in [1.54, 1.807) is 0 Å². The van der Waals surface area contributed by atoms with Crippen LogP contribution in [-0.4, -0.2) is 42.1 Å². The summed E-state index contributed by atoms with van der Waals surface area (Å²) in [7, 11) is 0. The van der Waals surface area contributed by atoms with Crippen molar-refractivity contribution in [3.8, 4) is 0 Å². The zero-order valence-electron chi connectivity index (χ0n) is 10.8. The molecule has 0 aromatic carbocycles. The molecule has 3 nitrogen and oxygen atoms in total. The molecule has 7 heteroatoms. The van der Waals surface area contributed by atoms with Crippen LogP contribution in [-0.2, 0) is 0 Å². The van der Waals surface area contributed by atoms with Crippen LogP contribution in [0, 0.1) is 23.5 Å². The third-order valence-corrected chi connectivity index (χ3v) is 3.34. The topological polar surface area (TPSA) is 19.4 Å². The molecule has 1 aliphatic heterocycles. The average molecular weight is 277 g/mol. The Morgan fingerprint density at radius 2 is 1.37 bits per heavy atom. The fraction of sp³-hybridized carbons (Fsp3) is 0.583. The van der Waals surface area contributed by atoms with Gasteiger partial charge in [-0.25, -0.2) is 0 Å². The van der Waals surface area contributed by atoms with Crippen LogP contribution in [0.3, 0.4) is 0 Å². The third kappa shape index (κ3) is 2.65. The van der Waals surface area contributed by atoms with Crippen LogP contribution in [0.25, 0.3) is 0 Å². The maximum atomic E-state index is 13.6. The van der Waals surface area contributed by atoms with Crippen molar-refractivity contribution < 1.29 is 17.6 Å². The predicted molar refractivity (Wildman–Crippen MR) is 63.0 cm³/mol. The molecule has 1 saturated heterocycles. The number of halogens is 4. The van der Waals surface area contributed by atoms with Crippen LogP contribution >= 0.6 is 0 Å². The van der Waals surface area contributed by atoms with Gasteiger partial charge in [0, 0.05) is 32.2 Å². The van der Waals surface area contributed by atoms with Crippen molar-refractivity contribution in [1.82, 2.24) is 9.88 Å². The lowest BCUT2D eigenvalue weighted by atomic mass is 10.2. The quantitative estimate of drug-likeness (QED) is 0.610. The molecule has 0 aliphatic carbocycles. The van der Waals surface area contributed by atoms with E-state index in [-0.39, 0.29) is 0 Å². The molecule has 1 aromatic rings. The van der Waals surface area contributed by atoms with E-state index in [4.69, 9.17) is 0 Å². The van der Waals surface area contributed by atoms with Gasteiger partial charge in [-0.3, -0.25) is 4.90 Å². The fourth-order valence-electron chi connectivity index (χ4n) is 2.22. The Morgan fingerprint density at radius 1 is 0.895 bits per heavy atom. The number of hydrogen-bond acceptors (Lipinski definition) is 3. The Bertz CT molecular complexity index is 444. The van der Waals surface area contributed by atoms with E-state index in [0.717, 1.165) is 0 Å². The molecule has 0 amide bonds. The highest BCUT2D eigenvalue weighted by Gasteiger charge is 2.28. The van der Waals surface area contributed by atoms with Gasteiger partial charge in [-0.2, -0.15) is 22.5 Å². The van der Waals surface area contributed by atoms with E-state index in [1.807, 2.05) is 13.8 Å². The Morgan fingerprint density at radius 3 is 1.79 bits per heavy atom. The maximum Gasteiger partial charge on any atom is 0.253 e. The molecule has 2 rings (SSSR count). The Hall–Kier alpha value is -1.37. The summed E-state index contributed by atoms with van der Waals surface area (Å²) in [5, 5.41) is 0. The second-order valence-electron chi connectivity index (χ2n) is 4.79. The molecule has 1 aliphatic rings.